The molecular weight excluding hydrogens is 228 g/mol. The number of carbonyl (C=O) groups is 1. The van der Waals surface area contributed by atoms with E-state index in [1.807, 2.05) is 0 Å². The highest BCUT2D eigenvalue weighted by molar-refractivity contribution is 7.81. The molecule has 0 aromatic carbocycles. The first kappa shape index (κ1) is 11.0. The fourth-order valence-corrected chi connectivity index (χ4v) is 1.90. The maximum absolute atomic E-state index is 11.6. The minimum absolute atomic E-state index is 0.0137. The number of hydrogen-bond donors (Lipinski definition) is 2. The molecule has 1 atom stereocenters. The molecule has 1 aromatic rings. The van der Waals surface area contributed by atoms with Gasteiger partial charge in [0.1, 0.15) is 5.82 Å². The van der Waals surface area contributed by atoms with E-state index < -0.39 is 0 Å². The lowest BCUT2D eigenvalue weighted by atomic mass is 10.4. The lowest BCUT2D eigenvalue weighted by Gasteiger charge is -2.15. The molecule has 86 valence electrons. The highest BCUT2D eigenvalue weighted by Crippen LogP contribution is 2.25. The number of thiol groups is 1. The summed E-state index contributed by atoms with van der Waals surface area (Å²) in [6.07, 6.45) is 0.412. The van der Waals surface area contributed by atoms with E-state index >= 15 is 0 Å². The van der Waals surface area contributed by atoms with E-state index in [-0.39, 0.29) is 17.1 Å². The van der Waals surface area contributed by atoms with Gasteiger partial charge in [-0.25, -0.2) is 0 Å². The quantitative estimate of drug-likeness (QED) is 0.717. The Morgan fingerprint density at radius 1 is 1.62 bits per heavy atom. The standard InChI is InChI=1S/C9H12N4O2S/c1-15-7-3-6(11-9(10)12-7)13-4-5(16)2-8(13)14/h3,5,16H,2,4H2,1H3,(H2,10,11,12). The molecule has 2 rings (SSSR count). The van der Waals surface area contributed by atoms with Crippen LogP contribution in [0.15, 0.2) is 6.07 Å². The minimum atomic E-state index is -0.0137. The number of aromatic nitrogens is 2. The molecule has 1 saturated heterocycles. The van der Waals surface area contributed by atoms with Crippen molar-refractivity contribution in [2.45, 2.75) is 11.7 Å². The second-order valence-corrected chi connectivity index (χ2v) is 4.22. The third kappa shape index (κ3) is 2.04. The largest absolute Gasteiger partial charge is 0.481 e. The molecule has 2 N–H and O–H groups in total. The van der Waals surface area contributed by atoms with Crippen molar-refractivity contribution in [2.75, 3.05) is 24.3 Å². The van der Waals surface area contributed by atoms with Gasteiger partial charge in [-0.3, -0.25) is 9.69 Å². The van der Waals surface area contributed by atoms with Crippen LogP contribution in [0.2, 0.25) is 0 Å². The number of amides is 1. The van der Waals surface area contributed by atoms with E-state index in [2.05, 4.69) is 22.6 Å². The third-order valence-corrected chi connectivity index (χ3v) is 2.64. The molecule has 2 heterocycles. The number of ether oxygens (including phenoxy) is 1. The fourth-order valence-electron chi connectivity index (χ4n) is 1.58. The van der Waals surface area contributed by atoms with Gasteiger partial charge in [-0.2, -0.15) is 22.6 Å². The van der Waals surface area contributed by atoms with Gasteiger partial charge in [-0.15, -0.1) is 0 Å². The van der Waals surface area contributed by atoms with Crippen molar-refractivity contribution < 1.29 is 9.53 Å². The molecule has 6 nitrogen and oxygen atoms in total. The predicted molar refractivity (Wildman–Crippen MR) is 62.7 cm³/mol. The summed E-state index contributed by atoms with van der Waals surface area (Å²) < 4.78 is 4.97. The number of methoxy groups -OCH3 is 1. The lowest BCUT2D eigenvalue weighted by Crippen LogP contribution is -2.26. The number of nitrogens with zero attached hydrogens (tertiary/aromatic N) is 3. The molecule has 0 aliphatic carbocycles. The topological polar surface area (TPSA) is 81.3 Å². The van der Waals surface area contributed by atoms with Gasteiger partial charge in [0, 0.05) is 24.3 Å². The number of anilines is 2. The molecule has 0 radical (unpaired) electrons. The minimum Gasteiger partial charge on any atom is -0.481 e. The van der Waals surface area contributed by atoms with Crippen molar-refractivity contribution in [3.8, 4) is 5.88 Å². The lowest BCUT2D eigenvalue weighted by molar-refractivity contribution is -0.117. The smallest absolute Gasteiger partial charge is 0.229 e. The summed E-state index contributed by atoms with van der Waals surface area (Å²) in [6, 6.07) is 1.58. The van der Waals surface area contributed by atoms with E-state index in [1.54, 1.807) is 6.07 Å². The SMILES string of the molecule is COc1cc(N2CC(S)CC2=O)nc(N)n1. The van der Waals surface area contributed by atoms with Crippen LogP contribution in [0.1, 0.15) is 6.42 Å². The van der Waals surface area contributed by atoms with E-state index in [9.17, 15) is 4.79 Å². The molecule has 1 aromatic heterocycles. The van der Waals surface area contributed by atoms with Gasteiger partial charge in [-0.1, -0.05) is 0 Å². The maximum Gasteiger partial charge on any atom is 0.229 e. The number of rotatable bonds is 2. The van der Waals surface area contributed by atoms with Crippen LogP contribution in [0, 0.1) is 0 Å². The van der Waals surface area contributed by atoms with Gasteiger partial charge in [0.15, 0.2) is 0 Å². The van der Waals surface area contributed by atoms with Crippen molar-refractivity contribution in [1.82, 2.24) is 9.97 Å². The monoisotopic (exact) mass is 240 g/mol. The summed E-state index contributed by atoms with van der Waals surface area (Å²) in [5.41, 5.74) is 5.52. The Morgan fingerprint density at radius 3 is 2.94 bits per heavy atom. The number of nitrogen functional groups attached to an aromatic ring is 1. The van der Waals surface area contributed by atoms with Crippen molar-refractivity contribution >= 4 is 30.3 Å². The van der Waals surface area contributed by atoms with Crippen LogP contribution in [-0.4, -0.2) is 34.8 Å². The van der Waals surface area contributed by atoms with Crippen molar-refractivity contribution in [3.05, 3.63) is 6.07 Å². The number of hydrogen-bond acceptors (Lipinski definition) is 6. The van der Waals surface area contributed by atoms with Crippen LogP contribution in [0.4, 0.5) is 11.8 Å². The number of nitrogens with two attached hydrogens (primary N) is 1. The molecule has 16 heavy (non-hydrogen) atoms. The summed E-state index contributed by atoms with van der Waals surface area (Å²) in [5.74, 6) is 0.883. The molecule has 1 fully saturated rings. The van der Waals surface area contributed by atoms with Crippen molar-refractivity contribution in [3.63, 3.8) is 0 Å². The Kier molecular flexibility index (Phi) is 2.86. The van der Waals surface area contributed by atoms with Gasteiger partial charge in [-0.05, 0) is 0 Å². The first-order valence-corrected chi connectivity index (χ1v) is 5.29. The molecule has 1 amide bonds. The molecule has 1 unspecified atom stereocenters. The zero-order chi connectivity index (χ0) is 11.7. The van der Waals surface area contributed by atoms with Gasteiger partial charge in [0.05, 0.1) is 7.11 Å². The molecule has 0 bridgehead atoms. The van der Waals surface area contributed by atoms with Crippen LogP contribution in [0.5, 0.6) is 5.88 Å². The molecular formula is C9H12N4O2S. The van der Waals surface area contributed by atoms with Crippen LogP contribution in [-0.2, 0) is 4.79 Å². The summed E-state index contributed by atoms with van der Waals surface area (Å²) >= 11 is 4.27. The van der Waals surface area contributed by atoms with Gasteiger partial charge >= 0.3 is 0 Å². The Hall–Kier alpha value is -1.50. The molecule has 1 aliphatic rings. The van der Waals surface area contributed by atoms with E-state index in [0.29, 0.717) is 24.7 Å². The average Bonchev–Trinajstić information content (AvgIpc) is 2.57. The average molecular weight is 240 g/mol. The molecule has 0 saturated carbocycles. The van der Waals surface area contributed by atoms with Crippen molar-refractivity contribution in [1.29, 1.82) is 0 Å². The summed E-state index contributed by atoms with van der Waals surface area (Å²) in [7, 11) is 1.48. The van der Waals surface area contributed by atoms with Crippen LogP contribution in [0.3, 0.4) is 0 Å². The molecule has 0 spiro atoms. The number of carbonyl (C=O) groups excluding carboxylic acids is 1. The Labute approximate surface area is 98.2 Å². The zero-order valence-electron chi connectivity index (χ0n) is 8.75. The molecule has 1 aliphatic heterocycles. The predicted octanol–water partition coefficient (Wildman–Crippen LogP) is 0.102. The van der Waals surface area contributed by atoms with Gasteiger partial charge in [0.2, 0.25) is 17.7 Å². The van der Waals surface area contributed by atoms with Crippen LogP contribution < -0.4 is 15.4 Å². The second-order valence-electron chi connectivity index (χ2n) is 3.49. The first-order chi connectivity index (χ1) is 7.60. The Balaban J connectivity index is 2.33. The summed E-state index contributed by atoms with van der Waals surface area (Å²) in [6.45, 7) is 0.529. The highest BCUT2D eigenvalue weighted by atomic mass is 32.1. The van der Waals surface area contributed by atoms with Gasteiger partial charge in [0.25, 0.3) is 0 Å². The summed E-state index contributed by atoms with van der Waals surface area (Å²) in [4.78, 5) is 21.0. The zero-order valence-corrected chi connectivity index (χ0v) is 9.65. The van der Waals surface area contributed by atoms with Crippen LogP contribution >= 0.6 is 12.6 Å². The maximum atomic E-state index is 11.6. The van der Waals surface area contributed by atoms with Gasteiger partial charge < -0.3 is 10.5 Å². The van der Waals surface area contributed by atoms with E-state index in [0.717, 1.165) is 0 Å². The van der Waals surface area contributed by atoms with Crippen LogP contribution in [0.25, 0.3) is 0 Å². The normalized spacial score (nSPS) is 20.2. The highest BCUT2D eigenvalue weighted by Gasteiger charge is 2.29. The molecule has 7 heteroatoms. The Bertz CT molecular complexity index is 426. The Morgan fingerprint density at radius 2 is 2.38 bits per heavy atom. The third-order valence-electron chi connectivity index (χ3n) is 2.30. The summed E-state index contributed by atoms with van der Waals surface area (Å²) in [5, 5.41) is 0.0367. The second kappa shape index (κ2) is 4.17. The van der Waals surface area contributed by atoms with E-state index in [4.69, 9.17) is 10.5 Å². The van der Waals surface area contributed by atoms with Crippen molar-refractivity contribution in [2.24, 2.45) is 0 Å². The fraction of sp³-hybridized carbons (Fsp3) is 0.444. The first-order valence-electron chi connectivity index (χ1n) is 4.77. The van der Waals surface area contributed by atoms with E-state index in [1.165, 1.54) is 12.0 Å².